The molecule has 1 aromatic carbocycles. The highest BCUT2D eigenvalue weighted by Gasteiger charge is 2.30. The number of fused-ring (bicyclic) bond motifs is 1. The molecule has 0 atom stereocenters. The summed E-state index contributed by atoms with van der Waals surface area (Å²) in [6.07, 6.45) is 4.76. The molecule has 40 heavy (non-hydrogen) atoms. The van der Waals surface area contributed by atoms with Gasteiger partial charge in [-0.3, -0.25) is 9.59 Å². The minimum atomic E-state index is -0.634. The molecule has 0 aliphatic heterocycles. The fourth-order valence-corrected chi connectivity index (χ4v) is 4.78. The summed E-state index contributed by atoms with van der Waals surface area (Å²) in [5, 5.41) is 6.59. The number of nitrogens with one attached hydrogen (secondary N) is 2. The first-order valence-corrected chi connectivity index (χ1v) is 13.6. The Bertz CT molecular complexity index is 1370. The van der Waals surface area contributed by atoms with Crippen LogP contribution in [0.4, 0.5) is 11.5 Å². The SMILES string of the molecule is CN(C)[C@H]1CC[C@H](C(=O)Nc2c(C(=O)Nc3ccc(Cl)cn3)oc3cc(OCC(=O)OC(C)(C)C)ccc23)CC1. The van der Waals surface area contributed by atoms with E-state index in [0.717, 1.165) is 25.7 Å². The number of benzene rings is 1. The maximum Gasteiger partial charge on any atom is 0.344 e. The minimum Gasteiger partial charge on any atom is -0.482 e. The molecule has 1 aliphatic carbocycles. The lowest BCUT2D eigenvalue weighted by Gasteiger charge is -2.31. The molecular weight excluding hydrogens is 536 g/mol. The lowest BCUT2D eigenvalue weighted by molar-refractivity contribution is -0.157. The number of carbonyl (C=O) groups excluding carboxylic acids is 3. The van der Waals surface area contributed by atoms with Gasteiger partial charge in [-0.15, -0.1) is 0 Å². The molecule has 1 saturated carbocycles. The zero-order chi connectivity index (χ0) is 29.0. The highest BCUT2D eigenvalue weighted by molar-refractivity contribution is 6.30. The zero-order valence-electron chi connectivity index (χ0n) is 23.4. The Morgan fingerprint density at radius 1 is 1.07 bits per heavy atom. The van der Waals surface area contributed by atoms with Gasteiger partial charge in [0.2, 0.25) is 11.7 Å². The number of furan rings is 1. The number of halogens is 1. The molecule has 1 fully saturated rings. The van der Waals surface area contributed by atoms with E-state index in [1.165, 1.54) is 6.20 Å². The third-order valence-corrected chi connectivity index (χ3v) is 6.88. The van der Waals surface area contributed by atoms with Crippen LogP contribution in [0.25, 0.3) is 11.0 Å². The molecule has 0 unspecified atom stereocenters. The molecule has 1 aliphatic rings. The van der Waals surface area contributed by atoms with Crippen molar-refractivity contribution in [3.05, 3.63) is 47.3 Å². The fraction of sp³-hybridized carbons (Fsp3) is 0.448. The van der Waals surface area contributed by atoms with E-state index in [4.69, 9.17) is 25.5 Å². The van der Waals surface area contributed by atoms with E-state index in [9.17, 15) is 14.4 Å². The van der Waals surface area contributed by atoms with Gasteiger partial charge in [0, 0.05) is 29.6 Å². The largest absolute Gasteiger partial charge is 0.482 e. The standard InChI is InChI=1S/C29H35ClN4O6/c1-29(2,3)40-24(35)16-38-20-11-12-21-22(14-20)39-26(28(37)32-23-13-8-18(30)15-31-23)25(21)33-27(36)17-6-9-19(10-7-17)34(4)5/h8,11-15,17,19H,6-7,9-10,16H2,1-5H3,(H,33,36)(H,31,32,37)/t17-,19-. The molecule has 0 saturated heterocycles. The van der Waals surface area contributed by atoms with Gasteiger partial charge in [0.1, 0.15) is 28.4 Å². The first-order chi connectivity index (χ1) is 18.9. The molecule has 3 aromatic rings. The minimum absolute atomic E-state index is 0.0774. The summed E-state index contributed by atoms with van der Waals surface area (Å²) in [4.78, 5) is 45.0. The molecule has 4 rings (SSSR count). The molecule has 0 bridgehead atoms. The summed E-state index contributed by atoms with van der Waals surface area (Å²) in [7, 11) is 4.10. The number of carbonyl (C=O) groups is 3. The maximum absolute atomic E-state index is 13.3. The number of nitrogens with zero attached hydrogens (tertiary/aromatic N) is 2. The van der Waals surface area contributed by atoms with Crippen LogP contribution < -0.4 is 15.4 Å². The van der Waals surface area contributed by atoms with Crippen molar-refractivity contribution in [2.75, 3.05) is 31.3 Å². The van der Waals surface area contributed by atoms with Gasteiger partial charge in [0.25, 0.3) is 5.91 Å². The summed E-state index contributed by atoms with van der Waals surface area (Å²) >= 11 is 5.91. The summed E-state index contributed by atoms with van der Waals surface area (Å²) in [6, 6.07) is 8.50. The van der Waals surface area contributed by atoms with Gasteiger partial charge in [0.15, 0.2) is 6.61 Å². The number of hydrogen-bond acceptors (Lipinski definition) is 8. The Morgan fingerprint density at radius 3 is 2.42 bits per heavy atom. The first kappa shape index (κ1) is 29.4. The number of anilines is 2. The molecule has 0 spiro atoms. The number of amides is 2. The summed E-state index contributed by atoms with van der Waals surface area (Å²) in [6.45, 7) is 5.03. The van der Waals surface area contributed by atoms with Crippen molar-refractivity contribution in [2.45, 2.75) is 58.1 Å². The van der Waals surface area contributed by atoms with Crippen molar-refractivity contribution in [3.8, 4) is 5.75 Å². The van der Waals surface area contributed by atoms with Gasteiger partial charge in [0.05, 0.1) is 5.02 Å². The van der Waals surface area contributed by atoms with E-state index < -0.39 is 17.5 Å². The van der Waals surface area contributed by atoms with Crippen LogP contribution in [-0.2, 0) is 14.3 Å². The number of pyridine rings is 1. The van der Waals surface area contributed by atoms with Crippen molar-refractivity contribution in [1.29, 1.82) is 0 Å². The number of hydrogen-bond donors (Lipinski definition) is 2. The van der Waals surface area contributed by atoms with E-state index in [1.807, 2.05) is 0 Å². The second-order valence-corrected chi connectivity index (χ2v) is 11.5. The van der Waals surface area contributed by atoms with E-state index in [2.05, 4.69) is 34.6 Å². The van der Waals surface area contributed by atoms with Crippen LogP contribution in [0, 0.1) is 5.92 Å². The van der Waals surface area contributed by atoms with E-state index in [1.54, 1.807) is 51.1 Å². The topological polar surface area (TPSA) is 123 Å². The van der Waals surface area contributed by atoms with Crippen LogP contribution in [0.15, 0.2) is 40.9 Å². The highest BCUT2D eigenvalue weighted by Crippen LogP contribution is 2.35. The number of rotatable bonds is 8. The van der Waals surface area contributed by atoms with Gasteiger partial charge in [-0.25, -0.2) is 9.78 Å². The number of esters is 1. The summed E-state index contributed by atoms with van der Waals surface area (Å²) in [5.74, 6) is -0.899. The van der Waals surface area contributed by atoms with Crippen LogP contribution in [0.3, 0.4) is 0 Å². The molecule has 2 heterocycles. The van der Waals surface area contributed by atoms with E-state index >= 15 is 0 Å². The van der Waals surface area contributed by atoms with Gasteiger partial charge >= 0.3 is 5.97 Å². The summed E-state index contributed by atoms with van der Waals surface area (Å²) < 4.78 is 16.8. The fourth-order valence-electron chi connectivity index (χ4n) is 4.67. The van der Waals surface area contributed by atoms with Crippen molar-refractivity contribution in [1.82, 2.24) is 9.88 Å². The monoisotopic (exact) mass is 570 g/mol. The third-order valence-electron chi connectivity index (χ3n) is 6.66. The Hall–Kier alpha value is -3.63. The van der Waals surface area contributed by atoms with Gasteiger partial charge < -0.3 is 29.4 Å². The van der Waals surface area contributed by atoms with Crippen LogP contribution in [-0.4, -0.2) is 60.0 Å². The average molecular weight is 571 g/mol. The first-order valence-electron chi connectivity index (χ1n) is 13.2. The third kappa shape index (κ3) is 7.51. The van der Waals surface area contributed by atoms with Crippen molar-refractivity contribution >= 4 is 51.9 Å². The lowest BCUT2D eigenvalue weighted by atomic mass is 9.85. The molecule has 2 N–H and O–H groups in total. The number of aromatic nitrogens is 1. The Balaban J connectivity index is 1.58. The number of ether oxygens (including phenoxy) is 2. The van der Waals surface area contributed by atoms with Gasteiger partial charge in [-0.05, 0) is 84.8 Å². The zero-order valence-corrected chi connectivity index (χ0v) is 24.1. The van der Waals surface area contributed by atoms with E-state index in [0.29, 0.717) is 27.8 Å². The molecule has 2 aromatic heterocycles. The smallest absolute Gasteiger partial charge is 0.344 e. The van der Waals surface area contributed by atoms with Crippen LogP contribution in [0.2, 0.25) is 5.02 Å². The van der Waals surface area contributed by atoms with Crippen molar-refractivity contribution < 1.29 is 28.3 Å². The average Bonchev–Trinajstić information content (AvgIpc) is 3.25. The molecule has 10 nitrogen and oxygen atoms in total. The van der Waals surface area contributed by atoms with Gasteiger partial charge in [-0.2, -0.15) is 0 Å². The van der Waals surface area contributed by atoms with E-state index in [-0.39, 0.29) is 35.7 Å². The predicted octanol–water partition coefficient (Wildman–Crippen LogP) is 5.51. The molecule has 214 valence electrons. The highest BCUT2D eigenvalue weighted by atomic mass is 35.5. The van der Waals surface area contributed by atoms with Crippen LogP contribution >= 0.6 is 11.6 Å². The lowest BCUT2D eigenvalue weighted by Crippen LogP contribution is -2.35. The molecular formula is C29H35ClN4O6. The Morgan fingerprint density at radius 2 is 1.80 bits per heavy atom. The molecule has 11 heteroatoms. The van der Waals surface area contributed by atoms with Gasteiger partial charge in [-0.1, -0.05) is 11.6 Å². The quantitative estimate of drug-likeness (QED) is 0.340. The Kier molecular flexibility index (Phi) is 9.00. The van der Waals surface area contributed by atoms with Crippen LogP contribution in [0.5, 0.6) is 5.75 Å². The van der Waals surface area contributed by atoms with Crippen molar-refractivity contribution in [3.63, 3.8) is 0 Å². The van der Waals surface area contributed by atoms with Crippen LogP contribution in [0.1, 0.15) is 57.0 Å². The maximum atomic E-state index is 13.3. The molecule has 0 radical (unpaired) electrons. The second-order valence-electron chi connectivity index (χ2n) is 11.1. The summed E-state index contributed by atoms with van der Waals surface area (Å²) in [5.41, 5.74) is -0.0618. The normalized spacial score (nSPS) is 17.5. The predicted molar refractivity (Wildman–Crippen MR) is 153 cm³/mol. The van der Waals surface area contributed by atoms with Crippen molar-refractivity contribution in [2.24, 2.45) is 5.92 Å². The second kappa shape index (κ2) is 12.3. The Labute approximate surface area is 238 Å². The molecule has 2 amide bonds.